The molecule has 2 atom stereocenters. The molecule has 0 aromatic carbocycles. The van der Waals surface area contributed by atoms with Crippen molar-refractivity contribution in [2.24, 2.45) is 5.92 Å². The van der Waals surface area contributed by atoms with Crippen LogP contribution in [0.4, 0.5) is 11.6 Å². The highest BCUT2D eigenvalue weighted by atomic mass is 15.1. The van der Waals surface area contributed by atoms with E-state index >= 15 is 0 Å². The predicted octanol–water partition coefficient (Wildman–Crippen LogP) is 3.38. The summed E-state index contributed by atoms with van der Waals surface area (Å²) in [6.45, 7) is 9.51. The summed E-state index contributed by atoms with van der Waals surface area (Å²) in [5, 5.41) is 6.96. The minimum Gasteiger partial charge on any atom is -0.370 e. The van der Waals surface area contributed by atoms with Crippen molar-refractivity contribution in [2.75, 3.05) is 17.2 Å². The lowest BCUT2D eigenvalue weighted by Crippen LogP contribution is -2.19. The molecule has 0 amide bonds. The van der Waals surface area contributed by atoms with E-state index in [0.29, 0.717) is 6.04 Å². The number of nitrogens with zero attached hydrogens (tertiary/aromatic N) is 2. The van der Waals surface area contributed by atoms with Gasteiger partial charge in [-0.25, -0.2) is 9.97 Å². The molecular formula is C15H26N4. The Bertz CT molecular complexity index is 430. The minimum atomic E-state index is 0.572. The van der Waals surface area contributed by atoms with Crippen LogP contribution in [0.3, 0.4) is 0 Å². The molecule has 1 aromatic rings. The smallest absolute Gasteiger partial charge is 0.134 e. The third-order valence-corrected chi connectivity index (χ3v) is 3.89. The molecule has 2 unspecified atom stereocenters. The van der Waals surface area contributed by atoms with Gasteiger partial charge in [0, 0.05) is 24.6 Å². The van der Waals surface area contributed by atoms with Crippen molar-refractivity contribution in [3.63, 3.8) is 0 Å². The van der Waals surface area contributed by atoms with Gasteiger partial charge < -0.3 is 10.6 Å². The molecule has 4 heteroatoms. The van der Waals surface area contributed by atoms with Gasteiger partial charge in [0.15, 0.2) is 0 Å². The molecule has 4 nitrogen and oxygen atoms in total. The quantitative estimate of drug-likeness (QED) is 0.854. The first kappa shape index (κ1) is 14.1. The van der Waals surface area contributed by atoms with Gasteiger partial charge >= 0.3 is 0 Å². The van der Waals surface area contributed by atoms with Gasteiger partial charge in [0.25, 0.3) is 0 Å². The number of hydrogen-bond donors (Lipinski definition) is 2. The molecule has 1 aliphatic carbocycles. The van der Waals surface area contributed by atoms with E-state index in [-0.39, 0.29) is 0 Å². The number of aryl methyl sites for hydroxylation is 1. The summed E-state index contributed by atoms with van der Waals surface area (Å²) in [7, 11) is 0. The van der Waals surface area contributed by atoms with Gasteiger partial charge in [0.2, 0.25) is 0 Å². The first-order chi connectivity index (χ1) is 9.13. The Kier molecular flexibility index (Phi) is 4.61. The fraction of sp³-hybridized carbons (Fsp3) is 0.733. The monoisotopic (exact) mass is 262 g/mol. The second-order valence-corrected chi connectivity index (χ2v) is 5.61. The standard InChI is InChI=1S/C15H26N4/c1-5-13-18-14(16-6-2)11(4)15(19-13)17-12-8-7-10(3)9-12/h10,12H,5-9H2,1-4H3,(H2,16,17,18,19). The van der Waals surface area contributed by atoms with E-state index in [1.807, 2.05) is 0 Å². The highest BCUT2D eigenvalue weighted by Gasteiger charge is 2.22. The van der Waals surface area contributed by atoms with Crippen LogP contribution in [0.1, 0.15) is 51.4 Å². The van der Waals surface area contributed by atoms with Crippen LogP contribution in [0.2, 0.25) is 0 Å². The van der Waals surface area contributed by atoms with Crippen molar-refractivity contribution in [1.82, 2.24) is 9.97 Å². The molecule has 1 fully saturated rings. The van der Waals surface area contributed by atoms with E-state index in [9.17, 15) is 0 Å². The molecule has 0 aliphatic heterocycles. The summed E-state index contributed by atoms with van der Waals surface area (Å²) in [4.78, 5) is 9.23. The van der Waals surface area contributed by atoms with Crippen LogP contribution < -0.4 is 10.6 Å². The van der Waals surface area contributed by atoms with Crippen molar-refractivity contribution in [2.45, 2.75) is 59.4 Å². The van der Waals surface area contributed by atoms with Gasteiger partial charge in [0.1, 0.15) is 17.5 Å². The Balaban J connectivity index is 2.20. The average Bonchev–Trinajstić information content (AvgIpc) is 2.80. The molecule has 1 saturated carbocycles. The summed E-state index contributed by atoms with van der Waals surface area (Å²) < 4.78 is 0. The van der Waals surface area contributed by atoms with Crippen LogP contribution in [0.25, 0.3) is 0 Å². The topological polar surface area (TPSA) is 49.8 Å². The maximum Gasteiger partial charge on any atom is 0.134 e. The van der Waals surface area contributed by atoms with Crippen molar-refractivity contribution in [1.29, 1.82) is 0 Å². The molecule has 0 radical (unpaired) electrons. The van der Waals surface area contributed by atoms with Crippen LogP contribution in [-0.4, -0.2) is 22.6 Å². The van der Waals surface area contributed by atoms with Crippen LogP contribution in [-0.2, 0) is 6.42 Å². The molecule has 2 rings (SSSR count). The number of rotatable bonds is 5. The van der Waals surface area contributed by atoms with Crippen molar-refractivity contribution in [3.8, 4) is 0 Å². The zero-order valence-electron chi connectivity index (χ0n) is 12.6. The van der Waals surface area contributed by atoms with E-state index in [1.165, 1.54) is 19.3 Å². The van der Waals surface area contributed by atoms with Gasteiger partial charge in [-0.3, -0.25) is 0 Å². The van der Waals surface area contributed by atoms with E-state index in [2.05, 4.69) is 48.3 Å². The van der Waals surface area contributed by atoms with Crippen molar-refractivity contribution >= 4 is 11.6 Å². The molecule has 0 saturated heterocycles. The molecule has 106 valence electrons. The average molecular weight is 262 g/mol. The summed E-state index contributed by atoms with van der Waals surface area (Å²) in [6.07, 6.45) is 4.70. The SMILES string of the molecule is CCNc1nc(CC)nc(NC2CCC(C)C2)c1C. The fourth-order valence-electron chi connectivity index (χ4n) is 2.73. The molecule has 1 aliphatic rings. The first-order valence-electron chi connectivity index (χ1n) is 7.51. The van der Waals surface area contributed by atoms with Crippen LogP contribution >= 0.6 is 0 Å². The third-order valence-electron chi connectivity index (χ3n) is 3.89. The Morgan fingerprint density at radius 3 is 2.47 bits per heavy atom. The Labute approximate surface area is 116 Å². The Hall–Kier alpha value is -1.32. The summed E-state index contributed by atoms with van der Waals surface area (Å²) in [5.41, 5.74) is 1.14. The molecule has 0 bridgehead atoms. The number of nitrogens with one attached hydrogen (secondary N) is 2. The van der Waals surface area contributed by atoms with Gasteiger partial charge in [-0.15, -0.1) is 0 Å². The highest BCUT2D eigenvalue weighted by Crippen LogP contribution is 2.29. The highest BCUT2D eigenvalue weighted by molar-refractivity contribution is 5.57. The lowest BCUT2D eigenvalue weighted by molar-refractivity contribution is 0.602. The second-order valence-electron chi connectivity index (χ2n) is 5.61. The molecule has 0 spiro atoms. The molecule has 1 aromatic heterocycles. The van der Waals surface area contributed by atoms with Crippen molar-refractivity contribution in [3.05, 3.63) is 11.4 Å². The van der Waals surface area contributed by atoms with E-state index in [0.717, 1.165) is 41.9 Å². The summed E-state index contributed by atoms with van der Waals surface area (Å²) in [5.74, 6) is 3.73. The zero-order valence-corrected chi connectivity index (χ0v) is 12.6. The summed E-state index contributed by atoms with van der Waals surface area (Å²) >= 11 is 0. The lowest BCUT2D eigenvalue weighted by atomic mass is 10.1. The second kappa shape index (κ2) is 6.22. The first-order valence-corrected chi connectivity index (χ1v) is 7.51. The molecule has 1 heterocycles. The number of hydrogen-bond acceptors (Lipinski definition) is 4. The minimum absolute atomic E-state index is 0.572. The van der Waals surface area contributed by atoms with E-state index < -0.39 is 0 Å². The van der Waals surface area contributed by atoms with Crippen LogP contribution in [0.15, 0.2) is 0 Å². The van der Waals surface area contributed by atoms with Crippen LogP contribution in [0.5, 0.6) is 0 Å². The number of aromatic nitrogens is 2. The van der Waals surface area contributed by atoms with Gasteiger partial charge in [-0.05, 0) is 39.0 Å². The van der Waals surface area contributed by atoms with Gasteiger partial charge in [0.05, 0.1) is 0 Å². The predicted molar refractivity (Wildman–Crippen MR) is 80.7 cm³/mol. The third kappa shape index (κ3) is 3.37. The lowest BCUT2D eigenvalue weighted by Gasteiger charge is -2.18. The molecule has 19 heavy (non-hydrogen) atoms. The summed E-state index contributed by atoms with van der Waals surface area (Å²) in [6, 6.07) is 0.572. The van der Waals surface area contributed by atoms with Gasteiger partial charge in [-0.1, -0.05) is 13.8 Å². The number of anilines is 2. The maximum absolute atomic E-state index is 4.66. The van der Waals surface area contributed by atoms with Crippen molar-refractivity contribution < 1.29 is 0 Å². The van der Waals surface area contributed by atoms with E-state index in [1.54, 1.807) is 0 Å². The molecule has 2 N–H and O–H groups in total. The Morgan fingerprint density at radius 1 is 1.16 bits per heavy atom. The van der Waals surface area contributed by atoms with Gasteiger partial charge in [-0.2, -0.15) is 0 Å². The zero-order chi connectivity index (χ0) is 13.8. The normalized spacial score (nSPS) is 22.5. The fourth-order valence-corrected chi connectivity index (χ4v) is 2.73. The molecular weight excluding hydrogens is 236 g/mol. The van der Waals surface area contributed by atoms with Crippen LogP contribution in [0, 0.1) is 12.8 Å². The Morgan fingerprint density at radius 2 is 1.89 bits per heavy atom. The maximum atomic E-state index is 4.66. The van der Waals surface area contributed by atoms with E-state index in [4.69, 9.17) is 0 Å². The largest absolute Gasteiger partial charge is 0.370 e.